The monoisotopic (exact) mass is 520 g/mol. The van der Waals surface area contributed by atoms with Gasteiger partial charge in [-0.05, 0) is 32.4 Å². The fourth-order valence-corrected chi connectivity index (χ4v) is 5.45. The highest BCUT2D eigenvalue weighted by atomic mass is 35.5. The highest BCUT2D eigenvalue weighted by molar-refractivity contribution is 7.52. The van der Waals surface area contributed by atoms with Crippen LogP contribution in [0.3, 0.4) is 0 Å². The third kappa shape index (κ3) is 5.99. The van der Waals surface area contributed by atoms with Crippen molar-refractivity contribution < 1.29 is 23.1 Å². The Kier molecular flexibility index (Phi) is 7.71. The summed E-state index contributed by atoms with van der Waals surface area (Å²) in [6, 6.07) is 7.63. The van der Waals surface area contributed by atoms with Gasteiger partial charge >= 0.3 is 13.7 Å². The van der Waals surface area contributed by atoms with Gasteiger partial charge in [0.25, 0.3) is 0 Å². The first-order valence-corrected chi connectivity index (χ1v) is 13.0. The molecule has 0 radical (unpaired) electrons. The molecule has 2 aromatic heterocycles. The average Bonchev–Trinajstić information content (AvgIpc) is 3.45. The van der Waals surface area contributed by atoms with Crippen LogP contribution in [-0.2, 0) is 18.6 Å². The molecule has 0 amide bonds. The van der Waals surface area contributed by atoms with Gasteiger partial charge in [0.2, 0.25) is 5.95 Å². The standard InChI is InChI=1S/C22H26ClN6O5P/c1-3-32-21(30)14(2)28-35(31,34-17-7-5-4-6-8-17)33-12-15-9-10-16(11-15)29-13-25-18-19(23)26-22(24)27-20(18)29/h4-10,13-16H,3,11-12H2,1-2H3,(H,28,31)(H2,24,26,27)/t14-,15+,16-,35?/m0/s1. The van der Waals surface area contributed by atoms with Crippen LogP contribution in [0.15, 0.2) is 48.8 Å². The summed E-state index contributed by atoms with van der Waals surface area (Å²) in [6.45, 7) is 3.53. The number of fused-ring (bicyclic) bond motifs is 1. The predicted octanol–water partition coefficient (Wildman–Crippen LogP) is 3.92. The Morgan fingerprint density at radius 3 is 2.83 bits per heavy atom. The lowest BCUT2D eigenvalue weighted by Crippen LogP contribution is -2.35. The number of nitrogens with one attached hydrogen (secondary N) is 1. The molecular weight excluding hydrogens is 495 g/mol. The van der Waals surface area contributed by atoms with Crippen LogP contribution in [0.25, 0.3) is 11.2 Å². The molecule has 1 aromatic carbocycles. The van der Waals surface area contributed by atoms with Crippen molar-refractivity contribution >= 4 is 42.4 Å². The van der Waals surface area contributed by atoms with Crippen molar-refractivity contribution in [1.82, 2.24) is 24.6 Å². The van der Waals surface area contributed by atoms with Crippen molar-refractivity contribution in [2.75, 3.05) is 18.9 Å². The molecule has 186 valence electrons. The van der Waals surface area contributed by atoms with Crippen molar-refractivity contribution in [1.29, 1.82) is 0 Å². The topological polar surface area (TPSA) is 143 Å². The molecular formula is C22H26ClN6O5P. The van der Waals surface area contributed by atoms with Gasteiger partial charge in [-0.15, -0.1) is 0 Å². The number of anilines is 1. The molecule has 35 heavy (non-hydrogen) atoms. The first-order valence-electron chi connectivity index (χ1n) is 11.1. The third-order valence-corrected chi connectivity index (χ3v) is 7.23. The summed E-state index contributed by atoms with van der Waals surface area (Å²) in [5, 5.41) is 2.87. The first kappa shape index (κ1) is 25.1. The maximum Gasteiger partial charge on any atom is 0.459 e. The highest BCUT2D eigenvalue weighted by Gasteiger charge is 2.34. The number of carbonyl (C=O) groups excluding carboxylic acids is 1. The molecule has 13 heteroatoms. The molecule has 0 bridgehead atoms. The Labute approximate surface area is 207 Å². The number of allylic oxidation sites excluding steroid dienone is 1. The molecule has 0 saturated carbocycles. The van der Waals surface area contributed by atoms with Gasteiger partial charge in [0.15, 0.2) is 10.8 Å². The maximum atomic E-state index is 13.6. The van der Waals surface area contributed by atoms with Gasteiger partial charge in [0.05, 0.1) is 25.6 Å². The quantitative estimate of drug-likeness (QED) is 0.175. The highest BCUT2D eigenvalue weighted by Crippen LogP contribution is 2.46. The van der Waals surface area contributed by atoms with Crippen LogP contribution < -0.4 is 15.3 Å². The number of esters is 1. The number of ether oxygens (including phenoxy) is 1. The average molecular weight is 521 g/mol. The molecule has 1 aliphatic rings. The van der Waals surface area contributed by atoms with Crippen molar-refractivity contribution in [2.24, 2.45) is 5.92 Å². The zero-order valence-electron chi connectivity index (χ0n) is 19.2. The van der Waals surface area contributed by atoms with Gasteiger partial charge in [-0.25, -0.2) is 9.55 Å². The Morgan fingerprint density at radius 1 is 1.31 bits per heavy atom. The largest absolute Gasteiger partial charge is 0.465 e. The molecule has 1 aliphatic carbocycles. The van der Waals surface area contributed by atoms with Crippen LogP contribution in [-0.4, -0.2) is 44.7 Å². The second kappa shape index (κ2) is 10.7. The van der Waals surface area contributed by atoms with Gasteiger partial charge < -0.3 is 19.6 Å². The van der Waals surface area contributed by atoms with Crippen molar-refractivity contribution in [2.45, 2.75) is 32.4 Å². The van der Waals surface area contributed by atoms with Crippen LogP contribution in [0.4, 0.5) is 5.95 Å². The lowest BCUT2D eigenvalue weighted by molar-refractivity contribution is -0.144. The number of hydrogen-bond acceptors (Lipinski definition) is 9. The molecule has 4 rings (SSSR count). The number of para-hydroxylation sites is 1. The van der Waals surface area contributed by atoms with E-state index in [0.29, 0.717) is 23.3 Å². The van der Waals surface area contributed by atoms with E-state index in [1.54, 1.807) is 37.5 Å². The van der Waals surface area contributed by atoms with Crippen LogP contribution >= 0.6 is 19.3 Å². The first-order chi connectivity index (χ1) is 16.8. The second-order valence-electron chi connectivity index (χ2n) is 7.95. The molecule has 3 N–H and O–H groups in total. The van der Waals surface area contributed by atoms with Crippen molar-refractivity contribution in [3.8, 4) is 5.75 Å². The van der Waals surface area contributed by atoms with E-state index in [4.69, 9.17) is 31.1 Å². The van der Waals surface area contributed by atoms with Gasteiger partial charge in [0.1, 0.15) is 17.3 Å². The zero-order chi connectivity index (χ0) is 25.0. The number of aromatic nitrogens is 4. The Hall–Kier alpha value is -2.98. The van der Waals surface area contributed by atoms with E-state index in [1.165, 1.54) is 6.92 Å². The van der Waals surface area contributed by atoms with E-state index in [0.717, 1.165) is 0 Å². The molecule has 0 aliphatic heterocycles. The van der Waals surface area contributed by atoms with Crippen LogP contribution in [0, 0.1) is 5.92 Å². The van der Waals surface area contributed by atoms with Gasteiger partial charge in [-0.1, -0.05) is 42.0 Å². The molecule has 3 aromatic rings. The SMILES string of the molecule is CCOC(=O)[C@H](C)NP(=O)(OC[C@@H]1C=C[C@H](n2cnc3c(Cl)nc(N)nc32)C1)Oc1ccccc1. The number of nitrogen functional groups attached to an aromatic ring is 1. The third-order valence-electron chi connectivity index (χ3n) is 5.32. The van der Waals surface area contributed by atoms with Crippen molar-refractivity contribution in [3.05, 3.63) is 54.0 Å². The molecule has 0 saturated heterocycles. The number of carbonyl (C=O) groups is 1. The number of hydrogen-bond donors (Lipinski definition) is 2. The predicted molar refractivity (Wildman–Crippen MR) is 131 cm³/mol. The Bertz CT molecular complexity index is 1270. The number of nitrogens with two attached hydrogens (primary N) is 1. The number of benzene rings is 1. The summed E-state index contributed by atoms with van der Waals surface area (Å²) in [5.41, 5.74) is 6.74. The van der Waals surface area contributed by atoms with E-state index in [2.05, 4.69) is 20.0 Å². The smallest absolute Gasteiger partial charge is 0.459 e. The van der Waals surface area contributed by atoms with Gasteiger partial charge in [0, 0.05) is 5.92 Å². The van der Waals surface area contributed by atoms with Crippen LogP contribution in [0.1, 0.15) is 26.3 Å². The number of nitrogens with zero attached hydrogens (tertiary/aromatic N) is 4. The fraction of sp³-hybridized carbons (Fsp3) is 0.364. The molecule has 2 heterocycles. The van der Waals surface area contributed by atoms with Gasteiger partial charge in [-0.3, -0.25) is 9.32 Å². The minimum Gasteiger partial charge on any atom is -0.465 e. The van der Waals surface area contributed by atoms with E-state index >= 15 is 0 Å². The summed E-state index contributed by atoms with van der Waals surface area (Å²) < 4.78 is 31.9. The van der Waals surface area contributed by atoms with Crippen LogP contribution in [0.5, 0.6) is 5.75 Å². The summed E-state index contributed by atoms with van der Waals surface area (Å²) in [7, 11) is -3.92. The summed E-state index contributed by atoms with van der Waals surface area (Å²) in [6.07, 6.45) is 6.21. The number of rotatable bonds is 10. The molecule has 0 fully saturated rings. The minimum atomic E-state index is -3.92. The number of imidazole rings is 1. The Morgan fingerprint density at radius 2 is 2.09 bits per heavy atom. The molecule has 4 atom stereocenters. The van der Waals surface area contributed by atoms with E-state index in [9.17, 15) is 9.36 Å². The van der Waals surface area contributed by atoms with E-state index < -0.39 is 19.8 Å². The maximum absolute atomic E-state index is 13.6. The lowest BCUT2D eigenvalue weighted by Gasteiger charge is -2.24. The van der Waals surface area contributed by atoms with Gasteiger partial charge in [-0.2, -0.15) is 15.1 Å². The summed E-state index contributed by atoms with van der Waals surface area (Å²) in [5.74, 6) is -0.231. The fourth-order valence-electron chi connectivity index (χ4n) is 3.68. The second-order valence-corrected chi connectivity index (χ2v) is 10.00. The normalized spacial score (nSPS) is 20.0. The van der Waals surface area contributed by atoms with Crippen LogP contribution in [0.2, 0.25) is 5.15 Å². The molecule has 11 nitrogen and oxygen atoms in total. The minimum absolute atomic E-state index is 0.0619. The summed E-state index contributed by atoms with van der Waals surface area (Å²) in [4.78, 5) is 24.6. The van der Waals surface area contributed by atoms with E-state index in [-0.39, 0.29) is 36.3 Å². The Balaban J connectivity index is 1.45. The zero-order valence-corrected chi connectivity index (χ0v) is 20.9. The lowest BCUT2D eigenvalue weighted by atomic mass is 10.1. The summed E-state index contributed by atoms with van der Waals surface area (Å²) >= 11 is 6.13. The van der Waals surface area contributed by atoms with E-state index in [1.807, 2.05) is 22.8 Å². The number of halogens is 1. The van der Waals surface area contributed by atoms with Crippen molar-refractivity contribution in [3.63, 3.8) is 0 Å². The molecule has 0 spiro atoms. The molecule has 1 unspecified atom stereocenters.